The van der Waals surface area contributed by atoms with E-state index in [-0.39, 0.29) is 5.41 Å². The normalized spacial score (nSPS) is 44.4. The fraction of sp³-hybridized carbons (Fsp3) is 1.00. The SMILES string of the molecule is CC1CCCC(CO)(CN(C)CC2CC3CCC2C3)C1. The van der Waals surface area contributed by atoms with Gasteiger partial charge in [0.15, 0.2) is 0 Å². The highest BCUT2D eigenvalue weighted by molar-refractivity contribution is 4.92. The van der Waals surface area contributed by atoms with Crippen LogP contribution in [0.2, 0.25) is 0 Å². The van der Waals surface area contributed by atoms with Crippen LogP contribution in [0.1, 0.15) is 58.3 Å². The van der Waals surface area contributed by atoms with Crippen molar-refractivity contribution in [1.82, 2.24) is 4.90 Å². The van der Waals surface area contributed by atoms with Gasteiger partial charge in [0.1, 0.15) is 0 Å². The molecule has 2 bridgehead atoms. The summed E-state index contributed by atoms with van der Waals surface area (Å²) in [6.45, 7) is 5.14. The number of aliphatic hydroxyl groups excluding tert-OH is 1. The molecule has 0 radical (unpaired) electrons. The molecule has 2 nitrogen and oxygen atoms in total. The molecule has 3 saturated carbocycles. The van der Waals surface area contributed by atoms with E-state index in [1.165, 1.54) is 57.9 Å². The fourth-order valence-electron chi connectivity index (χ4n) is 5.74. The third-order valence-corrected chi connectivity index (χ3v) is 6.56. The van der Waals surface area contributed by atoms with Gasteiger partial charge in [0.25, 0.3) is 0 Å². The summed E-state index contributed by atoms with van der Waals surface area (Å²) >= 11 is 0. The van der Waals surface area contributed by atoms with Crippen molar-refractivity contribution in [2.45, 2.75) is 58.3 Å². The summed E-state index contributed by atoms with van der Waals surface area (Å²) in [4.78, 5) is 2.56. The van der Waals surface area contributed by atoms with E-state index in [1.807, 2.05) is 0 Å². The molecule has 0 aromatic carbocycles. The smallest absolute Gasteiger partial charge is 0.0499 e. The van der Waals surface area contributed by atoms with E-state index in [9.17, 15) is 5.11 Å². The first kappa shape index (κ1) is 14.8. The van der Waals surface area contributed by atoms with Crippen molar-refractivity contribution in [3.8, 4) is 0 Å². The van der Waals surface area contributed by atoms with E-state index < -0.39 is 0 Å². The molecule has 20 heavy (non-hydrogen) atoms. The zero-order chi connectivity index (χ0) is 14.2. The van der Waals surface area contributed by atoms with E-state index >= 15 is 0 Å². The highest BCUT2D eigenvalue weighted by Crippen LogP contribution is 2.48. The zero-order valence-corrected chi connectivity index (χ0v) is 13.5. The van der Waals surface area contributed by atoms with Crippen molar-refractivity contribution in [1.29, 1.82) is 0 Å². The van der Waals surface area contributed by atoms with E-state index in [2.05, 4.69) is 18.9 Å². The van der Waals surface area contributed by atoms with Gasteiger partial charge in [0, 0.05) is 25.1 Å². The number of rotatable bonds is 5. The molecular weight excluding hydrogens is 246 g/mol. The highest BCUT2D eigenvalue weighted by Gasteiger charge is 2.41. The molecule has 3 fully saturated rings. The van der Waals surface area contributed by atoms with Crippen LogP contribution in [0.15, 0.2) is 0 Å². The van der Waals surface area contributed by atoms with Crippen LogP contribution >= 0.6 is 0 Å². The van der Waals surface area contributed by atoms with Crippen LogP contribution < -0.4 is 0 Å². The van der Waals surface area contributed by atoms with Gasteiger partial charge < -0.3 is 10.0 Å². The van der Waals surface area contributed by atoms with Gasteiger partial charge in [-0.05, 0) is 62.8 Å². The van der Waals surface area contributed by atoms with Crippen molar-refractivity contribution in [3.05, 3.63) is 0 Å². The van der Waals surface area contributed by atoms with Crippen LogP contribution in [-0.4, -0.2) is 36.8 Å². The van der Waals surface area contributed by atoms with E-state index in [4.69, 9.17) is 0 Å². The largest absolute Gasteiger partial charge is 0.396 e. The van der Waals surface area contributed by atoms with Crippen LogP contribution in [-0.2, 0) is 0 Å². The number of aliphatic hydroxyl groups is 1. The molecule has 1 N–H and O–H groups in total. The third kappa shape index (κ3) is 3.06. The monoisotopic (exact) mass is 279 g/mol. The van der Waals surface area contributed by atoms with Gasteiger partial charge >= 0.3 is 0 Å². The molecule has 0 heterocycles. The lowest BCUT2D eigenvalue weighted by Crippen LogP contribution is -2.43. The average molecular weight is 279 g/mol. The second-order valence-corrected chi connectivity index (χ2v) is 8.49. The maximum Gasteiger partial charge on any atom is 0.0499 e. The Labute approximate surface area is 124 Å². The standard InChI is InChI=1S/C18H33NO/c1-14-4-3-7-18(10-14,13-20)12-19(2)11-17-9-15-5-6-16(17)8-15/h14-17,20H,3-13H2,1-2H3. The van der Waals surface area contributed by atoms with Gasteiger partial charge in [-0.25, -0.2) is 0 Å². The second kappa shape index (κ2) is 5.96. The first-order valence-electron chi connectivity index (χ1n) is 8.90. The highest BCUT2D eigenvalue weighted by atomic mass is 16.3. The molecule has 3 aliphatic carbocycles. The van der Waals surface area contributed by atoms with E-state index in [0.29, 0.717) is 6.61 Å². The molecule has 116 valence electrons. The van der Waals surface area contributed by atoms with Crippen LogP contribution in [0.5, 0.6) is 0 Å². The van der Waals surface area contributed by atoms with Crippen LogP contribution in [0.3, 0.4) is 0 Å². The predicted molar refractivity (Wildman–Crippen MR) is 83.6 cm³/mol. The van der Waals surface area contributed by atoms with Gasteiger partial charge in [-0.1, -0.05) is 26.2 Å². The van der Waals surface area contributed by atoms with Crippen LogP contribution in [0, 0.1) is 29.1 Å². The Bertz CT molecular complexity index is 331. The molecule has 2 heteroatoms. The van der Waals surface area contributed by atoms with Crippen molar-refractivity contribution in [2.75, 3.05) is 26.7 Å². The van der Waals surface area contributed by atoms with Gasteiger partial charge in [-0.15, -0.1) is 0 Å². The molecule has 3 rings (SSSR count). The van der Waals surface area contributed by atoms with Crippen molar-refractivity contribution < 1.29 is 5.11 Å². The topological polar surface area (TPSA) is 23.5 Å². The van der Waals surface area contributed by atoms with Gasteiger partial charge in [-0.3, -0.25) is 0 Å². The first-order valence-corrected chi connectivity index (χ1v) is 8.90. The molecular formula is C18H33NO. The molecule has 0 amide bonds. The minimum Gasteiger partial charge on any atom is -0.396 e. The van der Waals surface area contributed by atoms with Gasteiger partial charge in [0.2, 0.25) is 0 Å². The summed E-state index contributed by atoms with van der Waals surface area (Å²) in [5, 5.41) is 9.95. The molecule has 5 atom stereocenters. The second-order valence-electron chi connectivity index (χ2n) is 8.49. The minimum absolute atomic E-state index is 0.198. The third-order valence-electron chi connectivity index (χ3n) is 6.56. The summed E-state index contributed by atoms with van der Waals surface area (Å²) in [7, 11) is 2.29. The molecule has 0 spiro atoms. The summed E-state index contributed by atoms with van der Waals surface area (Å²) < 4.78 is 0. The number of nitrogens with zero attached hydrogens (tertiary/aromatic N) is 1. The van der Waals surface area contributed by atoms with Crippen LogP contribution in [0.4, 0.5) is 0 Å². The maximum absolute atomic E-state index is 9.95. The Hall–Kier alpha value is -0.0800. The molecule has 3 aliphatic rings. The molecule has 0 aromatic heterocycles. The number of hydrogen-bond donors (Lipinski definition) is 1. The predicted octanol–water partition coefficient (Wildman–Crippen LogP) is 3.54. The first-order chi connectivity index (χ1) is 9.60. The summed E-state index contributed by atoms with van der Waals surface area (Å²) in [5.74, 6) is 3.83. The zero-order valence-electron chi connectivity index (χ0n) is 13.5. The molecule has 0 aromatic rings. The Balaban J connectivity index is 1.53. The lowest BCUT2D eigenvalue weighted by Gasteiger charge is -2.42. The maximum atomic E-state index is 9.95. The van der Waals surface area contributed by atoms with Crippen LogP contribution in [0.25, 0.3) is 0 Å². The Kier molecular flexibility index (Phi) is 4.42. The number of fused-ring (bicyclic) bond motifs is 2. The summed E-state index contributed by atoms with van der Waals surface area (Å²) in [5.41, 5.74) is 0.198. The molecule has 0 aliphatic heterocycles. The lowest BCUT2D eigenvalue weighted by molar-refractivity contribution is 0.0249. The fourth-order valence-corrected chi connectivity index (χ4v) is 5.74. The Morgan fingerprint density at radius 3 is 2.65 bits per heavy atom. The Morgan fingerprint density at radius 1 is 1.20 bits per heavy atom. The van der Waals surface area contributed by atoms with Crippen molar-refractivity contribution in [3.63, 3.8) is 0 Å². The summed E-state index contributed by atoms with van der Waals surface area (Å²) in [6.07, 6.45) is 11.1. The Morgan fingerprint density at radius 2 is 2.05 bits per heavy atom. The van der Waals surface area contributed by atoms with E-state index in [0.717, 1.165) is 30.2 Å². The summed E-state index contributed by atoms with van der Waals surface area (Å²) in [6, 6.07) is 0. The molecule has 0 saturated heterocycles. The van der Waals surface area contributed by atoms with Gasteiger partial charge in [-0.2, -0.15) is 0 Å². The lowest BCUT2D eigenvalue weighted by atomic mass is 9.70. The minimum atomic E-state index is 0.198. The quantitative estimate of drug-likeness (QED) is 0.832. The number of hydrogen-bond acceptors (Lipinski definition) is 2. The average Bonchev–Trinajstić information content (AvgIpc) is 3.00. The van der Waals surface area contributed by atoms with Crippen molar-refractivity contribution >= 4 is 0 Å². The van der Waals surface area contributed by atoms with Crippen molar-refractivity contribution in [2.24, 2.45) is 29.1 Å². The van der Waals surface area contributed by atoms with E-state index in [1.54, 1.807) is 0 Å². The van der Waals surface area contributed by atoms with Gasteiger partial charge in [0.05, 0.1) is 0 Å². The molecule has 5 unspecified atom stereocenters.